The molecular formula is C26H21N3O2S. The lowest BCUT2D eigenvalue weighted by atomic mass is 10.1. The zero-order chi connectivity index (χ0) is 21.9. The molecule has 32 heavy (non-hydrogen) atoms. The van der Waals surface area contributed by atoms with Crippen LogP contribution in [0.5, 0.6) is 11.5 Å². The summed E-state index contributed by atoms with van der Waals surface area (Å²) in [5, 5.41) is 5.84. The molecule has 6 heteroatoms. The summed E-state index contributed by atoms with van der Waals surface area (Å²) in [6, 6.07) is 24.1. The van der Waals surface area contributed by atoms with Crippen LogP contribution in [0.4, 0.5) is 0 Å². The molecule has 0 bridgehead atoms. The van der Waals surface area contributed by atoms with Crippen LogP contribution in [0.15, 0.2) is 79.0 Å². The smallest absolute Gasteiger partial charge is 0.161 e. The molecule has 0 radical (unpaired) electrons. The summed E-state index contributed by atoms with van der Waals surface area (Å²) in [4.78, 5) is 4.71. The first-order chi connectivity index (χ1) is 15.7. The van der Waals surface area contributed by atoms with E-state index < -0.39 is 0 Å². The number of aromatic nitrogens is 3. The number of nitrogens with zero attached hydrogens (tertiary/aromatic N) is 3. The first-order valence-corrected chi connectivity index (χ1v) is 11.0. The van der Waals surface area contributed by atoms with Gasteiger partial charge in [-0.2, -0.15) is 5.10 Å². The molecule has 2 aromatic heterocycles. The maximum absolute atomic E-state index is 5.51. The van der Waals surface area contributed by atoms with Crippen molar-refractivity contribution in [1.82, 2.24) is 14.8 Å². The van der Waals surface area contributed by atoms with Gasteiger partial charge in [0.1, 0.15) is 10.7 Å². The average molecular weight is 440 g/mol. The molecule has 0 aliphatic rings. The van der Waals surface area contributed by atoms with Gasteiger partial charge in [-0.15, -0.1) is 11.3 Å². The Kier molecular flexibility index (Phi) is 5.44. The summed E-state index contributed by atoms with van der Waals surface area (Å²) in [6.07, 6.45) is 6.14. The van der Waals surface area contributed by atoms with Gasteiger partial charge >= 0.3 is 0 Å². The highest BCUT2D eigenvalue weighted by atomic mass is 32.1. The fourth-order valence-electron chi connectivity index (χ4n) is 3.55. The molecule has 0 saturated heterocycles. The zero-order valence-electron chi connectivity index (χ0n) is 17.7. The van der Waals surface area contributed by atoms with E-state index in [0.29, 0.717) is 11.5 Å². The Morgan fingerprint density at radius 1 is 0.844 bits per heavy atom. The Balaban J connectivity index is 1.59. The molecule has 0 atom stereocenters. The summed E-state index contributed by atoms with van der Waals surface area (Å²) in [5.41, 5.74) is 4.79. The van der Waals surface area contributed by atoms with E-state index in [-0.39, 0.29) is 0 Å². The third-order valence-corrected chi connectivity index (χ3v) is 6.14. The third kappa shape index (κ3) is 3.88. The second-order valence-corrected chi connectivity index (χ2v) is 8.20. The molecular weight excluding hydrogens is 418 g/mol. The van der Waals surface area contributed by atoms with E-state index in [2.05, 4.69) is 12.1 Å². The predicted octanol–water partition coefficient (Wildman–Crippen LogP) is 6.34. The highest BCUT2D eigenvalue weighted by Crippen LogP contribution is 2.34. The Bertz CT molecular complexity index is 1370. The average Bonchev–Trinajstić information content (AvgIpc) is 3.47. The Hall–Kier alpha value is -3.90. The number of benzene rings is 3. The van der Waals surface area contributed by atoms with Crippen molar-refractivity contribution in [3.05, 3.63) is 89.6 Å². The van der Waals surface area contributed by atoms with Gasteiger partial charge in [0.05, 0.1) is 30.1 Å². The monoisotopic (exact) mass is 439 g/mol. The molecule has 0 saturated carbocycles. The zero-order valence-corrected chi connectivity index (χ0v) is 18.5. The van der Waals surface area contributed by atoms with E-state index in [9.17, 15) is 0 Å². The quantitative estimate of drug-likeness (QED) is 0.310. The number of rotatable bonds is 6. The second-order valence-electron chi connectivity index (χ2n) is 7.14. The number of hydrogen-bond donors (Lipinski definition) is 0. The van der Waals surface area contributed by atoms with E-state index in [4.69, 9.17) is 19.6 Å². The van der Waals surface area contributed by atoms with Gasteiger partial charge in [-0.3, -0.25) is 0 Å². The molecule has 5 nitrogen and oxygen atoms in total. The van der Waals surface area contributed by atoms with Crippen LogP contribution in [0.1, 0.15) is 10.6 Å². The SMILES string of the molecule is COc1ccc(-c2nn(-c3ccccc3)cc2/C=C/c2nc3ccccc3s2)cc1OC. The molecule has 5 rings (SSSR count). The van der Waals surface area contributed by atoms with Crippen molar-refractivity contribution in [2.75, 3.05) is 14.2 Å². The van der Waals surface area contributed by atoms with Gasteiger partial charge in [0.2, 0.25) is 0 Å². The van der Waals surface area contributed by atoms with Crippen LogP contribution in [0.3, 0.4) is 0 Å². The highest BCUT2D eigenvalue weighted by Gasteiger charge is 2.14. The first kappa shape index (κ1) is 20.0. The van der Waals surface area contributed by atoms with E-state index in [1.54, 1.807) is 25.6 Å². The molecule has 0 spiro atoms. The lowest BCUT2D eigenvalue weighted by Gasteiger charge is -2.09. The summed E-state index contributed by atoms with van der Waals surface area (Å²) < 4.78 is 14.0. The van der Waals surface area contributed by atoms with Gasteiger partial charge in [-0.25, -0.2) is 9.67 Å². The summed E-state index contributed by atoms with van der Waals surface area (Å²) in [5.74, 6) is 1.35. The van der Waals surface area contributed by atoms with Crippen LogP contribution in [-0.2, 0) is 0 Å². The molecule has 2 heterocycles. The van der Waals surface area contributed by atoms with Crippen molar-refractivity contribution in [3.63, 3.8) is 0 Å². The maximum Gasteiger partial charge on any atom is 0.161 e. The first-order valence-electron chi connectivity index (χ1n) is 10.2. The normalized spacial score (nSPS) is 11.3. The van der Waals surface area contributed by atoms with Crippen LogP contribution in [0.2, 0.25) is 0 Å². The largest absolute Gasteiger partial charge is 0.493 e. The third-order valence-electron chi connectivity index (χ3n) is 5.14. The van der Waals surface area contributed by atoms with Gasteiger partial charge in [-0.1, -0.05) is 30.3 Å². The summed E-state index contributed by atoms with van der Waals surface area (Å²) in [7, 11) is 3.27. The molecule has 0 amide bonds. The van der Waals surface area contributed by atoms with Gasteiger partial charge in [0, 0.05) is 17.3 Å². The number of ether oxygens (including phenoxy) is 2. The van der Waals surface area contributed by atoms with E-state index >= 15 is 0 Å². The topological polar surface area (TPSA) is 49.2 Å². The highest BCUT2D eigenvalue weighted by molar-refractivity contribution is 7.19. The van der Waals surface area contributed by atoms with E-state index in [0.717, 1.165) is 33.0 Å². The lowest BCUT2D eigenvalue weighted by molar-refractivity contribution is 0.355. The fourth-order valence-corrected chi connectivity index (χ4v) is 4.42. The minimum Gasteiger partial charge on any atom is -0.493 e. The molecule has 0 unspecified atom stereocenters. The summed E-state index contributed by atoms with van der Waals surface area (Å²) in [6.45, 7) is 0. The van der Waals surface area contributed by atoms with Gasteiger partial charge < -0.3 is 9.47 Å². The minimum absolute atomic E-state index is 0.667. The molecule has 0 aliphatic carbocycles. The van der Waals surface area contributed by atoms with Crippen LogP contribution in [-0.4, -0.2) is 29.0 Å². The van der Waals surface area contributed by atoms with Gasteiger partial charge in [0.15, 0.2) is 11.5 Å². The Morgan fingerprint density at radius 3 is 2.41 bits per heavy atom. The standard InChI is InChI=1S/C26H21N3O2S/c1-30-22-14-12-18(16-23(22)31-2)26-19(17-29(28-26)20-8-4-3-5-9-20)13-15-25-27-21-10-6-7-11-24(21)32-25/h3-17H,1-2H3/b15-13+. The molecule has 5 aromatic rings. The van der Waals surface area contributed by atoms with E-state index in [1.807, 2.05) is 83.7 Å². The van der Waals surface area contributed by atoms with Crippen LogP contribution >= 0.6 is 11.3 Å². The second kappa shape index (κ2) is 8.69. The summed E-state index contributed by atoms with van der Waals surface area (Å²) >= 11 is 1.67. The van der Waals surface area contributed by atoms with Gasteiger partial charge in [0.25, 0.3) is 0 Å². The number of hydrogen-bond acceptors (Lipinski definition) is 5. The maximum atomic E-state index is 5.51. The van der Waals surface area contributed by atoms with E-state index in [1.165, 1.54) is 4.70 Å². The van der Waals surface area contributed by atoms with Crippen LogP contribution in [0, 0.1) is 0 Å². The Labute approximate surface area is 190 Å². The molecule has 158 valence electrons. The number of methoxy groups -OCH3 is 2. The van der Waals surface area contributed by atoms with Crippen molar-refractivity contribution in [2.24, 2.45) is 0 Å². The van der Waals surface area contributed by atoms with Gasteiger partial charge in [-0.05, 0) is 54.6 Å². The van der Waals surface area contributed by atoms with Crippen LogP contribution < -0.4 is 9.47 Å². The number of thiazole rings is 1. The fraction of sp³-hybridized carbons (Fsp3) is 0.0769. The molecule has 0 aliphatic heterocycles. The van der Waals surface area contributed by atoms with Crippen molar-refractivity contribution in [3.8, 4) is 28.4 Å². The predicted molar refractivity (Wildman–Crippen MR) is 131 cm³/mol. The van der Waals surface area contributed by atoms with Crippen LogP contribution in [0.25, 0.3) is 39.3 Å². The number of para-hydroxylation sites is 2. The Morgan fingerprint density at radius 2 is 1.62 bits per heavy atom. The molecule has 0 fully saturated rings. The molecule has 0 N–H and O–H groups in total. The van der Waals surface area contributed by atoms with Crippen molar-refractivity contribution in [2.45, 2.75) is 0 Å². The lowest BCUT2D eigenvalue weighted by Crippen LogP contribution is -1.94. The van der Waals surface area contributed by atoms with Crippen molar-refractivity contribution in [1.29, 1.82) is 0 Å². The van der Waals surface area contributed by atoms with Crippen molar-refractivity contribution >= 4 is 33.7 Å². The minimum atomic E-state index is 0.667. The number of fused-ring (bicyclic) bond motifs is 1. The molecule has 3 aromatic carbocycles. The van der Waals surface area contributed by atoms with Crippen molar-refractivity contribution < 1.29 is 9.47 Å².